The number of nitrogens with zero attached hydrogens (tertiary/aromatic N) is 4. The predicted molar refractivity (Wildman–Crippen MR) is 78.6 cm³/mol. The first-order chi connectivity index (χ1) is 10.1. The molecular formula is C14H17ClN4O2. The average molecular weight is 309 g/mol. The second kappa shape index (κ2) is 7.19. The maximum atomic E-state index is 12.2. The van der Waals surface area contributed by atoms with Crippen molar-refractivity contribution in [2.75, 3.05) is 13.7 Å². The molecule has 0 aliphatic carbocycles. The summed E-state index contributed by atoms with van der Waals surface area (Å²) in [6, 6.07) is 3.75. The van der Waals surface area contributed by atoms with Crippen LogP contribution in [0, 0.1) is 0 Å². The van der Waals surface area contributed by atoms with Gasteiger partial charge in [0.15, 0.2) is 0 Å². The number of hydrogen-bond acceptors (Lipinski definition) is 4. The Hall–Kier alpha value is -1.92. The maximum absolute atomic E-state index is 12.2. The lowest BCUT2D eigenvalue weighted by Gasteiger charge is -2.21. The molecule has 0 fully saturated rings. The Bertz CT molecular complexity index is 600. The summed E-state index contributed by atoms with van der Waals surface area (Å²) >= 11 is 6.11. The van der Waals surface area contributed by atoms with Gasteiger partial charge in [0.05, 0.1) is 11.6 Å². The first kappa shape index (κ1) is 15.5. The molecule has 0 saturated heterocycles. The number of aromatic nitrogens is 3. The molecule has 0 bridgehead atoms. The molecule has 0 unspecified atom stereocenters. The highest BCUT2D eigenvalue weighted by atomic mass is 35.5. The topological polar surface area (TPSA) is 60.2 Å². The summed E-state index contributed by atoms with van der Waals surface area (Å²) in [5.74, 6) is -0.122. The van der Waals surface area contributed by atoms with Gasteiger partial charge in [-0.1, -0.05) is 17.7 Å². The number of methoxy groups -OCH3 is 1. The molecule has 0 spiro atoms. The molecule has 112 valence electrons. The number of carbonyl (C=O) groups excluding carboxylic acids is 1. The van der Waals surface area contributed by atoms with Crippen LogP contribution in [0.3, 0.4) is 0 Å². The zero-order valence-corrected chi connectivity index (χ0v) is 12.7. The van der Waals surface area contributed by atoms with E-state index in [0.29, 0.717) is 23.8 Å². The van der Waals surface area contributed by atoms with Crippen LogP contribution in [-0.2, 0) is 29.7 Å². The number of pyridine rings is 1. The second-order valence-electron chi connectivity index (χ2n) is 4.64. The van der Waals surface area contributed by atoms with E-state index >= 15 is 0 Å². The lowest BCUT2D eigenvalue weighted by Crippen LogP contribution is -2.33. The number of amides is 1. The van der Waals surface area contributed by atoms with Gasteiger partial charge >= 0.3 is 0 Å². The number of aryl methyl sites for hydroxylation is 1. The summed E-state index contributed by atoms with van der Waals surface area (Å²) in [6.07, 6.45) is 5.13. The largest absolute Gasteiger partial charge is 0.375 e. The predicted octanol–water partition coefficient (Wildman–Crippen LogP) is 1.64. The third kappa shape index (κ3) is 4.27. The smallest absolute Gasteiger partial charge is 0.249 e. The van der Waals surface area contributed by atoms with E-state index in [-0.39, 0.29) is 12.5 Å². The van der Waals surface area contributed by atoms with Crippen LogP contribution in [0.5, 0.6) is 0 Å². The highest BCUT2D eigenvalue weighted by Crippen LogP contribution is 2.17. The third-order valence-electron chi connectivity index (χ3n) is 2.91. The van der Waals surface area contributed by atoms with E-state index in [0.717, 1.165) is 5.56 Å². The lowest BCUT2D eigenvalue weighted by atomic mass is 10.2. The Morgan fingerprint density at radius 3 is 2.86 bits per heavy atom. The van der Waals surface area contributed by atoms with Gasteiger partial charge in [-0.15, -0.1) is 0 Å². The maximum Gasteiger partial charge on any atom is 0.249 e. The first-order valence-corrected chi connectivity index (χ1v) is 6.81. The van der Waals surface area contributed by atoms with Crippen LogP contribution in [0.25, 0.3) is 0 Å². The third-order valence-corrected chi connectivity index (χ3v) is 3.23. The van der Waals surface area contributed by atoms with E-state index in [9.17, 15) is 4.79 Å². The minimum Gasteiger partial charge on any atom is -0.375 e. The van der Waals surface area contributed by atoms with Crippen molar-refractivity contribution in [3.63, 3.8) is 0 Å². The van der Waals surface area contributed by atoms with E-state index in [1.165, 1.54) is 7.11 Å². The van der Waals surface area contributed by atoms with Gasteiger partial charge in [0.1, 0.15) is 12.3 Å². The van der Waals surface area contributed by atoms with Crippen molar-refractivity contribution in [1.29, 1.82) is 0 Å². The molecule has 0 saturated carbocycles. The standard InChI is InChI=1S/C14H17ClN4O2/c1-18-8-12(15)13(17-18)9-19(14(20)10-21-2)7-11-4-3-5-16-6-11/h3-6,8H,7,9-10H2,1-2H3. The molecule has 6 nitrogen and oxygen atoms in total. The van der Waals surface area contributed by atoms with Crippen LogP contribution < -0.4 is 0 Å². The fourth-order valence-corrected chi connectivity index (χ4v) is 2.19. The number of carbonyl (C=O) groups is 1. The summed E-state index contributed by atoms with van der Waals surface area (Å²) in [5, 5.41) is 4.81. The highest BCUT2D eigenvalue weighted by molar-refractivity contribution is 6.31. The van der Waals surface area contributed by atoms with Crippen molar-refractivity contribution in [2.24, 2.45) is 7.05 Å². The van der Waals surface area contributed by atoms with Crippen LogP contribution in [0.1, 0.15) is 11.3 Å². The van der Waals surface area contributed by atoms with Crippen molar-refractivity contribution in [3.05, 3.63) is 47.0 Å². The summed E-state index contributed by atoms with van der Waals surface area (Å²) in [6.45, 7) is 0.782. The quantitative estimate of drug-likeness (QED) is 0.814. The molecule has 7 heteroatoms. The van der Waals surface area contributed by atoms with Crippen LogP contribution >= 0.6 is 11.6 Å². The minimum atomic E-state index is -0.122. The summed E-state index contributed by atoms with van der Waals surface area (Å²) < 4.78 is 6.56. The molecule has 0 atom stereocenters. The fourth-order valence-electron chi connectivity index (χ4n) is 1.95. The SMILES string of the molecule is COCC(=O)N(Cc1cccnc1)Cc1nn(C)cc1Cl. The van der Waals surface area contributed by atoms with E-state index in [4.69, 9.17) is 16.3 Å². The molecule has 21 heavy (non-hydrogen) atoms. The lowest BCUT2D eigenvalue weighted by molar-refractivity contribution is -0.136. The molecule has 0 aromatic carbocycles. The molecule has 0 radical (unpaired) electrons. The van der Waals surface area contributed by atoms with Crippen LogP contribution in [-0.4, -0.2) is 39.3 Å². The Balaban J connectivity index is 2.16. The minimum absolute atomic E-state index is 0.0186. The fraction of sp³-hybridized carbons (Fsp3) is 0.357. The molecule has 1 amide bonds. The van der Waals surface area contributed by atoms with E-state index in [2.05, 4.69) is 10.1 Å². The van der Waals surface area contributed by atoms with Gasteiger partial charge in [-0.2, -0.15) is 5.10 Å². The van der Waals surface area contributed by atoms with Crippen LogP contribution in [0.15, 0.2) is 30.7 Å². The van der Waals surface area contributed by atoms with Gasteiger partial charge in [-0.3, -0.25) is 14.5 Å². The Morgan fingerprint density at radius 1 is 1.48 bits per heavy atom. The number of halogens is 1. The normalized spacial score (nSPS) is 10.6. The Kier molecular flexibility index (Phi) is 5.30. The van der Waals surface area contributed by atoms with Gasteiger partial charge in [-0.25, -0.2) is 0 Å². The van der Waals surface area contributed by atoms with Crippen LogP contribution in [0.4, 0.5) is 0 Å². The van der Waals surface area contributed by atoms with Crippen molar-refractivity contribution in [2.45, 2.75) is 13.1 Å². The second-order valence-corrected chi connectivity index (χ2v) is 5.05. The van der Waals surface area contributed by atoms with Crippen molar-refractivity contribution in [1.82, 2.24) is 19.7 Å². The average Bonchev–Trinajstić information content (AvgIpc) is 2.77. The van der Waals surface area contributed by atoms with E-state index in [1.807, 2.05) is 12.1 Å². The number of ether oxygens (including phenoxy) is 1. The number of hydrogen-bond donors (Lipinski definition) is 0. The molecule has 2 aromatic rings. The summed E-state index contributed by atoms with van der Waals surface area (Å²) in [7, 11) is 3.28. The van der Waals surface area contributed by atoms with E-state index < -0.39 is 0 Å². The highest BCUT2D eigenvalue weighted by Gasteiger charge is 2.17. The van der Waals surface area contributed by atoms with E-state index in [1.54, 1.807) is 35.2 Å². The molecule has 2 rings (SSSR count). The summed E-state index contributed by atoms with van der Waals surface area (Å²) in [4.78, 5) is 17.9. The van der Waals surface area contributed by atoms with Gasteiger partial charge in [0.25, 0.3) is 0 Å². The molecule has 2 heterocycles. The van der Waals surface area contributed by atoms with Crippen LogP contribution in [0.2, 0.25) is 5.02 Å². The van der Waals surface area contributed by atoms with Gasteiger partial charge in [0, 0.05) is 39.3 Å². The Labute approximate surface area is 128 Å². The monoisotopic (exact) mass is 308 g/mol. The zero-order chi connectivity index (χ0) is 15.2. The van der Waals surface area contributed by atoms with Crippen molar-refractivity contribution in [3.8, 4) is 0 Å². The molecule has 0 N–H and O–H groups in total. The Morgan fingerprint density at radius 2 is 2.29 bits per heavy atom. The number of rotatable bonds is 6. The molecular weight excluding hydrogens is 292 g/mol. The van der Waals surface area contributed by atoms with Crippen molar-refractivity contribution < 1.29 is 9.53 Å². The van der Waals surface area contributed by atoms with Gasteiger partial charge < -0.3 is 9.64 Å². The zero-order valence-electron chi connectivity index (χ0n) is 12.0. The molecule has 0 aliphatic heterocycles. The molecule has 2 aromatic heterocycles. The van der Waals surface area contributed by atoms with Gasteiger partial charge in [0.2, 0.25) is 5.91 Å². The molecule has 0 aliphatic rings. The van der Waals surface area contributed by atoms with Gasteiger partial charge in [-0.05, 0) is 11.6 Å². The van der Waals surface area contributed by atoms with Crippen molar-refractivity contribution >= 4 is 17.5 Å². The first-order valence-electron chi connectivity index (χ1n) is 6.43. The summed E-state index contributed by atoms with van der Waals surface area (Å²) in [5.41, 5.74) is 1.60.